The molecule has 1 aromatic carbocycles. The molecule has 0 N–H and O–H groups in total. The van der Waals surface area contributed by atoms with Crippen molar-refractivity contribution in [2.24, 2.45) is 5.92 Å². The summed E-state index contributed by atoms with van der Waals surface area (Å²) in [6, 6.07) is 8.19. The van der Waals surface area contributed by atoms with Crippen LogP contribution < -0.4 is 0 Å². The van der Waals surface area contributed by atoms with Crippen LogP contribution in [0.4, 0.5) is 0 Å². The summed E-state index contributed by atoms with van der Waals surface area (Å²) in [5, 5.41) is 17.5. The molecular weight excluding hydrogens is 212 g/mol. The zero-order valence-electron chi connectivity index (χ0n) is 7.99. The number of carbonyl (C=O) groups is 1. The Morgan fingerprint density at radius 1 is 1.40 bits per heavy atom. The van der Waals surface area contributed by atoms with Gasteiger partial charge in [-0.2, -0.15) is 10.5 Å². The quantitative estimate of drug-likeness (QED) is 0.717. The number of aryl methyl sites for hydroxylation is 1. The van der Waals surface area contributed by atoms with Gasteiger partial charge in [-0.3, -0.25) is 4.79 Å². The van der Waals surface area contributed by atoms with Gasteiger partial charge in [-0.05, 0) is 18.6 Å². The Bertz CT molecular complexity index is 468. The van der Waals surface area contributed by atoms with E-state index in [-0.39, 0.29) is 5.56 Å². The van der Waals surface area contributed by atoms with E-state index < -0.39 is 11.7 Å². The second-order valence-electron chi connectivity index (χ2n) is 2.99. The van der Waals surface area contributed by atoms with Gasteiger partial charge in [-0.15, -0.1) is 0 Å². The van der Waals surface area contributed by atoms with Crippen LogP contribution in [-0.4, -0.2) is 5.78 Å². The topological polar surface area (TPSA) is 64.7 Å². The first-order chi connectivity index (χ1) is 7.11. The molecule has 1 aromatic rings. The van der Waals surface area contributed by atoms with Gasteiger partial charge in [0.1, 0.15) is 0 Å². The third-order valence-corrected chi connectivity index (χ3v) is 2.48. The second kappa shape index (κ2) is 4.59. The van der Waals surface area contributed by atoms with Crippen molar-refractivity contribution in [2.45, 2.75) is 6.92 Å². The van der Waals surface area contributed by atoms with E-state index >= 15 is 0 Å². The SMILES string of the molecule is Cc1cccc(C(=O)C(C#N)C#N)c1Cl. The molecule has 0 radical (unpaired) electrons. The fraction of sp³-hybridized carbons (Fsp3) is 0.182. The number of rotatable bonds is 2. The summed E-state index contributed by atoms with van der Waals surface area (Å²) in [5.41, 5.74) is 0.974. The molecule has 4 heteroatoms. The maximum Gasteiger partial charge on any atom is 0.195 e. The molecule has 1 rings (SSSR count). The zero-order valence-corrected chi connectivity index (χ0v) is 8.75. The summed E-state index contributed by atoms with van der Waals surface area (Å²) >= 11 is 5.91. The molecule has 0 heterocycles. The van der Waals surface area contributed by atoms with E-state index in [1.54, 1.807) is 31.2 Å². The van der Waals surface area contributed by atoms with Crippen molar-refractivity contribution >= 4 is 17.4 Å². The number of nitrogens with zero attached hydrogens (tertiary/aromatic N) is 2. The third-order valence-electron chi connectivity index (χ3n) is 1.98. The van der Waals surface area contributed by atoms with Crippen LogP contribution >= 0.6 is 11.6 Å². The van der Waals surface area contributed by atoms with E-state index in [4.69, 9.17) is 22.1 Å². The van der Waals surface area contributed by atoms with Crippen molar-refractivity contribution in [3.63, 3.8) is 0 Å². The number of carbonyl (C=O) groups excluding carboxylic acids is 1. The number of benzene rings is 1. The van der Waals surface area contributed by atoms with Gasteiger partial charge >= 0.3 is 0 Å². The number of nitriles is 2. The molecule has 15 heavy (non-hydrogen) atoms. The van der Waals surface area contributed by atoms with Crippen molar-refractivity contribution in [3.05, 3.63) is 34.3 Å². The van der Waals surface area contributed by atoms with E-state index in [0.29, 0.717) is 5.02 Å². The first-order valence-electron chi connectivity index (χ1n) is 4.20. The number of halogens is 1. The van der Waals surface area contributed by atoms with Crippen LogP contribution in [0.15, 0.2) is 18.2 Å². The van der Waals surface area contributed by atoms with Crippen LogP contribution in [0.2, 0.25) is 5.02 Å². The molecular formula is C11H7ClN2O. The van der Waals surface area contributed by atoms with Gasteiger partial charge in [-0.25, -0.2) is 0 Å². The molecule has 0 unspecified atom stereocenters. The third kappa shape index (κ3) is 2.15. The summed E-state index contributed by atoms with van der Waals surface area (Å²) < 4.78 is 0. The average Bonchev–Trinajstić information content (AvgIpc) is 2.23. The van der Waals surface area contributed by atoms with E-state index in [1.807, 2.05) is 0 Å². The first kappa shape index (κ1) is 11.2. The highest BCUT2D eigenvalue weighted by atomic mass is 35.5. The van der Waals surface area contributed by atoms with Crippen LogP contribution in [0.1, 0.15) is 15.9 Å². The Morgan fingerprint density at radius 2 is 2.00 bits per heavy atom. The monoisotopic (exact) mass is 218 g/mol. The molecule has 0 aliphatic heterocycles. The summed E-state index contributed by atoms with van der Waals surface area (Å²) in [4.78, 5) is 11.7. The fourth-order valence-electron chi connectivity index (χ4n) is 1.14. The maximum absolute atomic E-state index is 11.7. The molecule has 74 valence electrons. The molecule has 0 aliphatic rings. The maximum atomic E-state index is 11.7. The highest BCUT2D eigenvalue weighted by Gasteiger charge is 2.21. The van der Waals surface area contributed by atoms with Crippen LogP contribution in [-0.2, 0) is 0 Å². The smallest absolute Gasteiger partial charge is 0.195 e. The Balaban J connectivity index is 3.20. The van der Waals surface area contributed by atoms with Gasteiger partial charge in [0.2, 0.25) is 0 Å². The normalized spacial score (nSPS) is 9.40. The lowest BCUT2D eigenvalue weighted by Crippen LogP contribution is -2.11. The van der Waals surface area contributed by atoms with Crippen molar-refractivity contribution in [1.82, 2.24) is 0 Å². The lowest BCUT2D eigenvalue weighted by Gasteiger charge is -2.05. The van der Waals surface area contributed by atoms with Crippen molar-refractivity contribution in [3.8, 4) is 12.1 Å². The van der Waals surface area contributed by atoms with Gasteiger partial charge in [0.25, 0.3) is 0 Å². The predicted octanol–water partition coefficient (Wildman–Crippen LogP) is 2.49. The van der Waals surface area contributed by atoms with Crippen molar-refractivity contribution in [2.75, 3.05) is 0 Å². The summed E-state index contributed by atoms with van der Waals surface area (Å²) in [6.07, 6.45) is 0. The molecule has 0 fully saturated rings. The lowest BCUT2D eigenvalue weighted by atomic mass is 9.99. The van der Waals surface area contributed by atoms with Gasteiger partial charge in [0, 0.05) is 5.56 Å². The Labute approximate surface area is 92.5 Å². The molecule has 0 aliphatic carbocycles. The van der Waals surface area contributed by atoms with Crippen LogP contribution in [0.3, 0.4) is 0 Å². The standard InChI is InChI=1S/C11H7ClN2O/c1-7-3-2-4-9(10(7)12)11(15)8(5-13)6-14/h2-4,8H,1H3. The largest absolute Gasteiger partial charge is 0.291 e. The summed E-state index contributed by atoms with van der Waals surface area (Å²) in [5.74, 6) is -1.84. The lowest BCUT2D eigenvalue weighted by molar-refractivity contribution is 0.0971. The number of Topliss-reactive ketones (excluding diaryl/α,β-unsaturated/α-hetero) is 1. The molecule has 0 atom stereocenters. The number of hydrogen-bond acceptors (Lipinski definition) is 3. The number of hydrogen-bond donors (Lipinski definition) is 0. The van der Waals surface area contributed by atoms with E-state index in [1.165, 1.54) is 6.07 Å². The van der Waals surface area contributed by atoms with Gasteiger partial charge in [0.15, 0.2) is 11.7 Å². The summed E-state index contributed by atoms with van der Waals surface area (Å²) in [6.45, 7) is 1.76. The van der Waals surface area contributed by atoms with Crippen molar-refractivity contribution < 1.29 is 4.79 Å². The van der Waals surface area contributed by atoms with Gasteiger partial charge in [-0.1, -0.05) is 23.7 Å². The average molecular weight is 219 g/mol. The van der Waals surface area contributed by atoms with Crippen molar-refractivity contribution in [1.29, 1.82) is 10.5 Å². The first-order valence-corrected chi connectivity index (χ1v) is 4.58. The van der Waals surface area contributed by atoms with E-state index in [0.717, 1.165) is 5.56 Å². The zero-order chi connectivity index (χ0) is 11.4. The van der Waals surface area contributed by atoms with Gasteiger partial charge in [0.05, 0.1) is 17.2 Å². The predicted molar refractivity (Wildman–Crippen MR) is 55.2 cm³/mol. The molecule has 0 spiro atoms. The molecule has 0 bridgehead atoms. The molecule has 3 nitrogen and oxygen atoms in total. The highest BCUT2D eigenvalue weighted by molar-refractivity contribution is 6.34. The number of ketones is 1. The Morgan fingerprint density at radius 3 is 2.53 bits per heavy atom. The van der Waals surface area contributed by atoms with Crippen LogP contribution in [0.25, 0.3) is 0 Å². The minimum Gasteiger partial charge on any atom is -0.291 e. The van der Waals surface area contributed by atoms with E-state index in [9.17, 15) is 4.79 Å². The molecule has 0 aromatic heterocycles. The molecule has 0 amide bonds. The van der Waals surface area contributed by atoms with Crippen LogP contribution in [0.5, 0.6) is 0 Å². The summed E-state index contributed by atoms with van der Waals surface area (Å²) in [7, 11) is 0. The minimum atomic E-state index is -1.29. The second-order valence-corrected chi connectivity index (χ2v) is 3.37. The molecule has 0 saturated carbocycles. The Kier molecular flexibility index (Phi) is 3.44. The van der Waals surface area contributed by atoms with Gasteiger partial charge < -0.3 is 0 Å². The molecule has 0 saturated heterocycles. The fourth-order valence-corrected chi connectivity index (χ4v) is 1.36. The minimum absolute atomic E-state index is 0.227. The highest BCUT2D eigenvalue weighted by Crippen LogP contribution is 2.22. The Hall–Kier alpha value is -1.84. The van der Waals surface area contributed by atoms with E-state index in [2.05, 4.69) is 0 Å². The van der Waals surface area contributed by atoms with Crippen LogP contribution in [0, 0.1) is 35.5 Å².